The Bertz CT molecular complexity index is 867. The largest absolute Gasteiger partial charge is 0.493 e. The first-order valence-electron chi connectivity index (χ1n) is 8.86. The summed E-state index contributed by atoms with van der Waals surface area (Å²) in [7, 11) is 0. The van der Waals surface area contributed by atoms with Gasteiger partial charge in [0.1, 0.15) is 5.75 Å². The maximum atomic E-state index is 12.2. The Hall–Kier alpha value is -3.01. The molecule has 2 N–H and O–H groups in total. The van der Waals surface area contributed by atoms with Crippen LogP contribution in [-0.4, -0.2) is 19.1 Å². The van der Waals surface area contributed by atoms with Crippen LogP contribution >= 0.6 is 0 Å². The smallest absolute Gasteiger partial charge is 0.243 e. The van der Waals surface area contributed by atoms with E-state index < -0.39 is 0 Å². The zero-order valence-corrected chi connectivity index (χ0v) is 15.2. The van der Waals surface area contributed by atoms with Crippen molar-refractivity contribution in [3.05, 3.63) is 66.7 Å². The van der Waals surface area contributed by atoms with Gasteiger partial charge in [0.15, 0.2) is 0 Å². The van der Waals surface area contributed by atoms with E-state index in [9.17, 15) is 4.79 Å². The molecule has 26 heavy (non-hydrogen) atoms. The minimum atomic E-state index is -0.0891. The van der Waals surface area contributed by atoms with Crippen molar-refractivity contribution in [3.63, 3.8) is 0 Å². The maximum Gasteiger partial charge on any atom is 0.243 e. The van der Waals surface area contributed by atoms with Crippen molar-refractivity contribution in [2.45, 2.75) is 13.8 Å². The van der Waals surface area contributed by atoms with Gasteiger partial charge in [0.25, 0.3) is 0 Å². The van der Waals surface area contributed by atoms with Crippen LogP contribution in [0.5, 0.6) is 5.75 Å². The lowest BCUT2D eigenvalue weighted by molar-refractivity contribution is -0.114. The number of anilines is 2. The first-order valence-corrected chi connectivity index (χ1v) is 8.86. The highest BCUT2D eigenvalue weighted by atomic mass is 16.5. The minimum Gasteiger partial charge on any atom is -0.493 e. The van der Waals surface area contributed by atoms with Crippen molar-refractivity contribution < 1.29 is 9.53 Å². The molecule has 4 nitrogen and oxygen atoms in total. The SMILES string of the molecule is CC(C)COc1ccc(NC(=O)CNc2cccc3ccccc23)cc1. The third kappa shape index (κ3) is 4.76. The van der Waals surface area contributed by atoms with Gasteiger partial charge in [-0.15, -0.1) is 0 Å². The molecule has 4 heteroatoms. The molecule has 0 aliphatic carbocycles. The van der Waals surface area contributed by atoms with E-state index in [1.807, 2.05) is 54.6 Å². The van der Waals surface area contributed by atoms with E-state index >= 15 is 0 Å². The number of carbonyl (C=O) groups excluding carboxylic acids is 1. The lowest BCUT2D eigenvalue weighted by Gasteiger charge is -2.11. The van der Waals surface area contributed by atoms with Gasteiger partial charge in [0.05, 0.1) is 13.2 Å². The summed E-state index contributed by atoms with van der Waals surface area (Å²) in [4.78, 5) is 12.2. The Morgan fingerprint density at radius 3 is 2.46 bits per heavy atom. The molecule has 0 fully saturated rings. The van der Waals surface area contributed by atoms with E-state index in [0.717, 1.165) is 27.9 Å². The summed E-state index contributed by atoms with van der Waals surface area (Å²) in [5.41, 5.74) is 1.71. The van der Waals surface area contributed by atoms with Gasteiger partial charge in [-0.3, -0.25) is 4.79 Å². The van der Waals surface area contributed by atoms with Gasteiger partial charge in [0, 0.05) is 16.8 Å². The van der Waals surface area contributed by atoms with Gasteiger partial charge >= 0.3 is 0 Å². The van der Waals surface area contributed by atoms with Gasteiger partial charge < -0.3 is 15.4 Å². The molecule has 0 atom stereocenters. The Morgan fingerprint density at radius 2 is 1.69 bits per heavy atom. The average molecular weight is 348 g/mol. The van der Waals surface area contributed by atoms with Crippen LogP contribution in [-0.2, 0) is 4.79 Å². The van der Waals surface area contributed by atoms with Crippen LogP contribution in [0, 0.1) is 5.92 Å². The highest BCUT2D eigenvalue weighted by Gasteiger charge is 2.05. The molecule has 0 radical (unpaired) electrons. The third-order valence-electron chi connectivity index (χ3n) is 3.95. The lowest BCUT2D eigenvalue weighted by Crippen LogP contribution is -2.21. The molecule has 0 aromatic heterocycles. The van der Waals surface area contributed by atoms with E-state index in [-0.39, 0.29) is 12.5 Å². The van der Waals surface area contributed by atoms with Crippen LogP contribution in [0.2, 0.25) is 0 Å². The van der Waals surface area contributed by atoms with Crippen LogP contribution < -0.4 is 15.4 Å². The highest BCUT2D eigenvalue weighted by Crippen LogP contribution is 2.22. The lowest BCUT2D eigenvalue weighted by atomic mass is 10.1. The molecule has 0 unspecified atom stereocenters. The second-order valence-electron chi connectivity index (χ2n) is 6.66. The van der Waals surface area contributed by atoms with Crippen molar-refractivity contribution in [1.29, 1.82) is 0 Å². The van der Waals surface area contributed by atoms with Gasteiger partial charge in [0.2, 0.25) is 5.91 Å². The molecule has 0 saturated heterocycles. The summed E-state index contributed by atoms with van der Waals surface area (Å²) in [5, 5.41) is 8.36. The third-order valence-corrected chi connectivity index (χ3v) is 3.95. The van der Waals surface area contributed by atoms with E-state index in [1.54, 1.807) is 0 Å². The zero-order valence-electron chi connectivity index (χ0n) is 15.2. The van der Waals surface area contributed by atoms with E-state index in [0.29, 0.717) is 12.5 Å². The fourth-order valence-corrected chi connectivity index (χ4v) is 2.66. The number of benzene rings is 3. The first-order chi connectivity index (χ1) is 12.6. The van der Waals surface area contributed by atoms with Crippen molar-refractivity contribution in [2.24, 2.45) is 5.92 Å². The summed E-state index contributed by atoms with van der Waals surface area (Å²) >= 11 is 0. The predicted molar refractivity (Wildman–Crippen MR) is 108 cm³/mol. The Balaban J connectivity index is 1.55. The molecule has 3 aromatic rings. The molecular formula is C22H24N2O2. The number of nitrogens with one attached hydrogen (secondary N) is 2. The molecule has 0 heterocycles. The summed E-state index contributed by atoms with van der Waals surface area (Å²) < 4.78 is 5.65. The van der Waals surface area contributed by atoms with Crippen molar-refractivity contribution in [1.82, 2.24) is 0 Å². The molecule has 3 rings (SSSR count). The molecule has 0 saturated carbocycles. The van der Waals surface area contributed by atoms with Gasteiger partial charge in [-0.05, 0) is 41.6 Å². The fourth-order valence-electron chi connectivity index (χ4n) is 2.66. The van der Waals surface area contributed by atoms with E-state index in [4.69, 9.17) is 4.74 Å². The molecule has 0 spiro atoms. The molecule has 0 aliphatic rings. The van der Waals surface area contributed by atoms with Crippen LogP contribution in [0.4, 0.5) is 11.4 Å². The number of fused-ring (bicyclic) bond motifs is 1. The van der Waals surface area contributed by atoms with Crippen molar-refractivity contribution >= 4 is 28.1 Å². The fraction of sp³-hybridized carbons (Fsp3) is 0.227. The number of ether oxygens (including phenoxy) is 1. The Morgan fingerprint density at radius 1 is 0.962 bits per heavy atom. The van der Waals surface area contributed by atoms with Crippen LogP contribution in [0.15, 0.2) is 66.7 Å². The average Bonchev–Trinajstić information content (AvgIpc) is 2.65. The number of hydrogen-bond acceptors (Lipinski definition) is 3. The molecule has 3 aromatic carbocycles. The predicted octanol–water partition coefficient (Wildman–Crippen LogP) is 4.93. The highest BCUT2D eigenvalue weighted by molar-refractivity contribution is 5.97. The molecular weight excluding hydrogens is 324 g/mol. The minimum absolute atomic E-state index is 0.0891. The second kappa shape index (κ2) is 8.39. The Labute approximate surface area is 154 Å². The van der Waals surface area contributed by atoms with Gasteiger partial charge in [-0.2, -0.15) is 0 Å². The van der Waals surface area contributed by atoms with Crippen LogP contribution in [0.3, 0.4) is 0 Å². The normalized spacial score (nSPS) is 10.7. The van der Waals surface area contributed by atoms with E-state index in [1.165, 1.54) is 0 Å². The van der Waals surface area contributed by atoms with Crippen LogP contribution in [0.1, 0.15) is 13.8 Å². The second-order valence-corrected chi connectivity index (χ2v) is 6.66. The quantitative estimate of drug-likeness (QED) is 0.637. The van der Waals surface area contributed by atoms with Gasteiger partial charge in [-0.1, -0.05) is 50.2 Å². The molecule has 134 valence electrons. The number of carbonyl (C=O) groups is 1. The Kier molecular flexibility index (Phi) is 5.74. The summed E-state index contributed by atoms with van der Waals surface area (Å²) in [6.07, 6.45) is 0. The summed E-state index contributed by atoms with van der Waals surface area (Å²) in [5.74, 6) is 1.20. The van der Waals surface area contributed by atoms with Crippen molar-refractivity contribution in [3.8, 4) is 5.75 Å². The maximum absolute atomic E-state index is 12.2. The summed E-state index contributed by atoms with van der Waals surface area (Å²) in [6, 6.07) is 21.6. The van der Waals surface area contributed by atoms with E-state index in [2.05, 4.69) is 36.6 Å². The van der Waals surface area contributed by atoms with Gasteiger partial charge in [-0.25, -0.2) is 0 Å². The number of amides is 1. The number of rotatable bonds is 7. The number of hydrogen-bond donors (Lipinski definition) is 2. The summed E-state index contributed by atoms with van der Waals surface area (Å²) in [6.45, 7) is 5.11. The standard InChI is InChI=1S/C22H24N2O2/c1-16(2)15-26-19-12-10-18(11-13-19)24-22(25)14-23-21-9-5-7-17-6-3-4-8-20(17)21/h3-13,16,23H,14-15H2,1-2H3,(H,24,25). The molecule has 0 bridgehead atoms. The van der Waals surface area contributed by atoms with Crippen LogP contribution in [0.25, 0.3) is 10.8 Å². The topological polar surface area (TPSA) is 50.4 Å². The molecule has 1 amide bonds. The first kappa shape index (κ1) is 17.8. The zero-order chi connectivity index (χ0) is 18.4. The van der Waals surface area contributed by atoms with Crippen molar-refractivity contribution in [2.75, 3.05) is 23.8 Å². The molecule has 0 aliphatic heterocycles. The monoisotopic (exact) mass is 348 g/mol.